The molecule has 1 aliphatic heterocycles. The number of imide groups is 1. The van der Waals surface area contributed by atoms with Gasteiger partial charge in [-0.05, 0) is 91.6 Å². The number of thiazole rings is 1. The summed E-state index contributed by atoms with van der Waals surface area (Å²) in [6.45, 7) is 3.99. The van der Waals surface area contributed by atoms with Crippen LogP contribution in [0.1, 0.15) is 33.5 Å². The third-order valence-electron chi connectivity index (χ3n) is 7.95. The summed E-state index contributed by atoms with van der Waals surface area (Å²) < 4.78 is 24.4. The Kier molecular flexibility index (Phi) is 8.08. The van der Waals surface area contributed by atoms with Crippen molar-refractivity contribution in [2.45, 2.75) is 37.6 Å². The summed E-state index contributed by atoms with van der Waals surface area (Å²) >= 11 is 1.58. The molecule has 6 rings (SSSR count). The quantitative estimate of drug-likeness (QED) is 0.231. The third kappa shape index (κ3) is 6.15. The molecule has 3 amide bonds. The molecule has 1 fully saturated rings. The van der Waals surface area contributed by atoms with Crippen molar-refractivity contribution in [3.05, 3.63) is 113 Å². The van der Waals surface area contributed by atoms with Crippen molar-refractivity contribution in [3.63, 3.8) is 0 Å². The van der Waals surface area contributed by atoms with Crippen molar-refractivity contribution in [2.24, 2.45) is 5.14 Å². The summed E-state index contributed by atoms with van der Waals surface area (Å²) in [5.74, 6) is -1.23. The SMILES string of the molecule is Cc1ccc2nc(-c3ccc(N4C(=O)CC(N(CCc5ccc(S(N)(=O)=O)cc5)C(=O)c5ccccc5C)C4=O)cc3)sc2c1. The zero-order valence-corrected chi connectivity index (χ0v) is 26.3. The summed E-state index contributed by atoms with van der Waals surface area (Å²) in [6, 6.07) is 25.4. The number of hydrogen-bond acceptors (Lipinski definition) is 7. The number of hydrogen-bond donors (Lipinski definition) is 1. The normalized spacial score (nSPS) is 15.2. The predicted molar refractivity (Wildman–Crippen MR) is 174 cm³/mol. The molecule has 1 aliphatic rings. The summed E-state index contributed by atoms with van der Waals surface area (Å²) in [7, 11) is -3.85. The smallest absolute Gasteiger partial charge is 0.257 e. The standard InChI is InChI=1S/C34H30N4O5S2/c1-21-7-16-28-30(19-21)44-32(36-28)24-10-12-25(13-11-24)38-31(39)20-29(34(38)41)37(33(40)27-6-4-3-5-22(27)2)18-17-23-8-14-26(15-9-23)45(35,42)43/h3-16,19,29H,17-18,20H2,1-2H3,(H2,35,42,43). The molecule has 1 unspecified atom stereocenters. The number of nitrogens with two attached hydrogens (primary N) is 1. The van der Waals surface area contributed by atoms with Gasteiger partial charge >= 0.3 is 0 Å². The number of carbonyl (C=O) groups excluding carboxylic acids is 3. The van der Waals surface area contributed by atoms with Gasteiger partial charge in [-0.25, -0.2) is 23.4 Å². The molecule has 1 aromatic heterocycles. The van der Waals surface area contributed by atoms with Gasteiger partial charge in [-0.15, -0.1) is 11.3 Å². The Morgan fingerprint density at radius 3 is 2.38 bits per heavy atom. The summed E-state index contributed by atoms with van der Waals surface area (Å²) in [6.07, 6.45) is 0.177. The van der Waals surface area contributed by atoms with Crippen LogP contribution in [-0.4, -0.2) is 48.6 Å². The van der Waals surface area contributed by atoms with Crippen LogP contribution in [0.25, 0.3) is 20.8 Å². The van der Waals surface area contributed by atoms with Crippen LogP contribution in [-0.2, 0) is 26.0 Å². The number of rotatable bonds is 8. The lowest BCUT2D eigenvalue weighted by Gasteiger charge is -2.28. The molecule has 2 N–H and O–H groups in total. The van der Waals surface area contributed by atoms with Crippen molar-refractivity contribution in [3.8, 4) is 10.6 Å². The number of amides is 3. The Labute approximate surface area is 265 Å². The van der Waals surface area contributed by atoms with Crippen molar-refractivity contribution >= 4 is 55.0 Å². The van der Waals surface area contributed by atoms with Gasteiger partial charge in [0.15, 0.2) is 0 Å². The summed E-state index contributed by atoms with van der Waals surface area (Å²) in [4.78, 5) is 48.4. The van der Waals surface area contributed by atoms with Gasteiger partial charge in [0.25, 0.3) is 11.8 Å². The van der Waals surface area contributed by atoms with E-state index in [1.807, 2.05) is 50.2 Å². The molecular formula is C34H30N4O5S2. The van der Waals surface area contributed by atoms with Crippen LogP contribution in [0, 0.1) is 13.8 Å². The highest BCUT2D eigenvalue weighted by atomic mass is 32.2. The fourth-order valence-corrected chi connectivity index (χ4v) is 7.09. The lowest BCUT2D eigenvalue weighted by atomic mass is 10.0. The Bertz CT molecular complexity index is 2050. The molecule has 0 saturated carbocycles. The van der Waals surface area contributed by atoms with Crippen LogP contribution < -0.4 is 10.0 Å². The molecule has 0 aliphatic carbocycles. The van der Waals surface area contributed by atoms with Crippen molar-refractivity contribution in [1.29, 1.82) is 0 Å². The number of fused-ring (bicyclic) bond motifs is 1. The van der Waals surface area contributed by atoms with E-state index in [1.54, 1.807) is 47.7 Å². The highest BCUT2D eigenvalue weighted by Gasteiger charge is 2.44. The van der Waals surface area contributed by atoms with Crippen LogP contribution in [0.15, 0.2) is 95.9 Å². The predicted octanol–water partition coefficient (Wildman–Crippen LogP) is 5.24. The minimum absolute atomic E-state index is 0.0180. The zero-order chi connectivity index (χ0) is 31.9. The molecule has 228 valence electrons. The van der Waals surface area contributed by atoms with Gasteiger partial charge in [0, 0.05) is 17.7 Å². The van der Waals surface area contributed by atoms with Crippen LogP contribution in [0.4, 0.5) is 5.69 Å². The average molecular weight is 639 g/mol. The molecule has 1 saturated heterocycles. The fraction of sp³-hybridized carbons (Fsp3) is 0.176. The number of sulfonamides is 1. The minimum atomic E-state index is -3.85. The maximum absolute atomic E-state index is 13.9. The van der Waals surface area contributed by atoms with Gasteiger partial charge in [-0.3, -0.25) is 14.4 Å². The number of aryl methyl sites for hydroxylation is 2. The molecule has 1 atom stereocenters. The van der Waals surface area contributed by atoms with E-state index in [0.29, 0.717) is 17.7 Å². The molecule has 2 heterocycles. The van der Waals surface area contributed by atoms with Crippen LogP contribution in [0.3, 0.4) is 0 Å². The molecule has 0 spiro atoms. The first-order chi connectivity index (χ1) is 21.5. The average Bonchev–Trinajstić information content (AvgIpc) is 3.56. The first-order valence-electron chi connectivity index (χ1n) is 14.3. The van der Waals surface area contributed by atoms with Gasteiger partial charge in [-0.1, -0.05) is 36.4 Å². The largest absolute Gasteiger partial charge is 0.326 e. The number of anilines is 1. The maximum Gasteiger partial charge on any atom is 0.257 e. The van der Waals surface area contributed by atoms with E-state index in [4.69, 9.17) is 10.1 Å². The number of aromatic nitrogens is 1. The monoisotopic (exact) mass is 638 g/mol. The van der Waals surface area contributed by atoms with E-state index in [1.165, 1.54) is 17.0 Å². The second-order valence-electron chi connectivity index (χ2n) is 11.1. The number of primary sulfonamides is 1. The third-order valence-corrected chi connectivity index (χ3v) is 9.94. The van der Waals surface area contributed by atoms with Gasteiger partial charge in [0.05, 0.1) is 27.2 Å². The van der Waals surface area contributed by atoms with E-state index in [-0.39, 0.29) is 23.8 Å². The molecule has 5 aromatic rings. The van der Waals surface area contributed by atoms with Gasteiger partial charge in [0.1, 0.15) is 11.0 Å². The summed E-state index contributed by atoms with van der Waals surface area (Å²) in [5, 5.41) is 6.06. The number of carbonyl (C=O) groups is 3. The minimum Gasteiger partial charge on any atom is -0.326 e. The van der Waals surface area contributed by atoms with Gasteiger partial charge < -0.3 is 4.90 Å². The van der Waals surface area contributed by atoms with E-state index < -0.39 is 27.9 Å². The second-order valence-corrected chi connectivity index (χ2v) is 13.7. The number of nitrogens with zero attached hydrogens (tertiary/aromatic N) is 3. The van der Waals surface area contributed by atoms with E-state index >= 15 is 0 Å². The van der Waals surface area contributed by atoms with E-state index in [9.17, 15) is 22.8 Å². The highest BCUT2D eigenvalue weighted by Crippen LogP contribution is 2.33. The molecule has 9 nitrogen and oxygen atoms in total. The van der Waals surface area contributed by atoms with Crippen molar-refractivity contribution in [1.82, 2.24) is 9.88 Å². The van der Waals surface area contributed by atoms with Gasteiger partial charge in [-0.2, -0.15) is 0 Å². The van der Waals surface area contributed by atoms with E-state index in [0.717, 1.165) is 42.4 Å². The molecule has 0 radical (unpaired) electrons. The Balaban J connectivity index is 1.26. The molecule has 11 heteroatoms. The Morgan fingerprint density at radius 2 is 1.69 bits per heavy atom. The topological polar surface area (TPSA) is 131 Å². The molecule has 0 bridgehead atoms. The first kappa shape index (κ1) is 30.3. The Morgan fingerprint density at radius 1 is 0.978 bits per heavy atom. The van der Waals surface area contributed by atoms with Crippen LogP contribution >= 0.6 is 11.3 Å². The van der Waals surface area contributed by atoms with Crippen LogP contribution in [0.2, 0.25) is 0 Å². The van der Waals surface area contributed by atoms with Crippen LogP contribution in [0.5, 0.6) is 0 Å². The number of benzene rings is 4. The maximum atomic E-state index is 13.9. The molecule has 45 heavy (non-hydrogen) atoms. The second kappa shape index (κ2) is 12.0. The highest BCUT2D eigenvalue weighted by molar-refractivity contribution is 7.89. The Hall–Kier alpha value is -4.71. The van der Waals surface area contributed by atoms with Crippen molar-refractivity contribution < 1.29 is 22.8 Å². The fourth-order valence-electron chi connectivity index (χ4n) is 5.50. The zero-order valence-electron chi connectivity index (χ0n) is 24.6. The van der Waals surface area contributed by atoms with Crippen molar-refractivity contribution in [2.75, 3.05) is 11.4 Å². The molecular weight excluding hydrogens is 609 g/mol. The summed E-state index contributed by atoms with van der Waals surface area (Å²) in [5.41, 5.74) is 5.31. The lowest BCUT2D eigenvalue weighted by Crippen LogP contribution is -2.46. The molecule has 4 aromatic carbocycles. The first-order valence-corrected chi connectivity index (χ1v) is 16.7. The lowest BCUT2D eigenvalue weighted by molar-refractivity contribution is -0.122. The van der Waals surface area contributed by atoms with E-state index in [2.05, 4.69) is 6.07 Å². The van der Waals surface area contributed by atoms with Gasteiger partial charge in [0.2, 0.25) is 15.9 Å².